The number of rotatable bonds is 9. The van der Waals surface area contributed by atoms with Crippen LogP contribution >= 0.6 is 38.1 Å². The second kappa shape index (κ2) is 16.7. The second-order valence-corrected chi connectivity index (χ2v) is 19.8. The standard InChI is InChI=1S/C31H32F2N14O11P2S2/c32-20-24-15(55-30(20)46-12-39-22-26(34)35-10-37-28(22)46)8-53-60(52,62)58-25-16(9-54-59(51,61)57-24)56-31(21(25)33)47-13-40-23-27(36-11-38-29(23)47)41-17(48)2-1-5-44-6-14(42-43-44)7-45-18(49)3-4-19(45)50/h3-4,6,10-13,15-16,20-21,24-25,30-31H,1-2,5,7-9H2,(H,51,61)(H,52,62)(H2,34,35,37)(H,36,38,41,48)/t15-,16?,20-,21-,24-,25-,30-,31-,59-,60-/m1/s1. The highest BCUT2D eigenvalue weighted by Gasteiger charge is 2.54. The van der Waals surface area contributed by atoms with Gasteiger partial charge in [0.25, 0.3) is 11.8 Å². The lowest BCUT2D eigenvalue weighted by molar-refractivity contribution is -0.137. The van der Waals surface area contributed by atoms with E-state index in [1.165, 1.54) is 38.6 Å². The van der Waals surface area contributed by atoms with Crippen LogP contribution in [0.25, 0.3) is 22.3 Å². The third-order valence-electron chi connectivity index (χ3n) is 10.00. The zero-order chi connectivity index (χ0) is 43.5. The Hall–Kier alpha value is -4.83. The number of imidazole rings is 2. The first kappa shape index (κ1) is 42.5. The molecule has 3 saturated heterocycles. The molecule has 328 valence electrons. The molecule has 0 aliphatic carbocycles. The van der Waals surface area contributed by atoms with Crippen molar-refractivity contribution in [2.45, 2.75) is 75.1 Å². The van der Waals surface area contributed by atoms with Crippen LogP contribution in [0.5, 0.6) is 0 Å². The van der Waals surface area contributed by atoms with Gasteiger partial charge in [-0.25, -0.2) is 47.8 Å². The molecule has 3 fully saturated rings. The van der Waals surface area contributed by atoms with E-state index in [0.717, 1.165) is 17.6 Å². The van der Waals surface area contributed by atoms with Crippen molar-refractivity contribution < 1.29 is 59.9 Å². The summed E-state index contributed by atoms with van der Waals surface area (Å²) in [5.74, 6) is -1.33. The second-order valence-electron chi connectivity index (χ2n) is 14.0. The molecule has 0 bridgehead atoms. The van der Waals surface area contributed by atoms with Crippen LogP contribution in [0.4, 0.5) is 20.4 Å². The maximum absolute atomic E-state index is 16.5. The van der Waals surface area contributed by atoms with Gasteiger partial charge in [-0.3, -0.25) is 51.2 Å². The Labute approximate surface area is 356 Å². The lowest BCUT2D eigenvalue weighted by Gasteiger charge is -2.28. The molecule has 0 aromatic carbocycles. The number of nitrogens with one attached hydrogen (secondary N) is 1. The zero-order valence-corrected chi connectivity index (χ0v) is 35.0. The van der Waals surface area contributed by atoms with Crippen LogP contribution < -0.4 is 11.1 Å². The van der Waals surface area contributed by atoms with Crippen molar-refractivity contribution in [1.82, 2.24) is 58.9 Å². The number of aromatic nitrogens is 11. The Balaban J connectivity index is 0.859. The lowest BCUT2D eigenvalue weighted by Crippen LogP contribution is -2.36. The molecule has 1 unspecified atom stereocenters. The number of anilines is 2. The van der Waals surface area contributed by atoms with E-state index in [2.05, 4.69) is 70.0 Å². The number of thiol groups is 2. The minimum Gasteiger partial charge on any atom is -0.382 e. The predicted molar refractivity (Wildman–Crippen MR) is 210 cm³/mol. The maximum Gasteiger partial charge on any atom is 0.386 e. The number of amides is 3. The number of carbonyl (C=O) groups is 3. The summed E-state index contributed by atoms with van der Waals surface area (Å²) in [6.07, 6.45) is -4.74. The summed E-state index contributed by atoms with van der Waals surface area (Å²) in [6, 6.07) is 0. The van der Waals surface area contributed by atoms with Gasteiger partial charge < -0.3 is 20.5 Å². The summed E-state index contributed by atoms with van der Waals surface area (Å²) in [5.41, 5.74) is 6.61. The monoisotopic (exact) mass is 940 g/mol. The van der Waals surface area contributed by atoms with Gasteiger partial charge in [0.2, 0.25) is 5.91 Å². The van der Waals surface area contributed by atoms with Gasteiger partial charge in [-0.15, -0.1) is 5.10 Å². The first-order valence-electron chi connectivity index (χ1n) is 18.4. The van der Waals surface area contributed by atoms with Crippen molar-refractivity contribution in [3.8, 4) is 0 Å². The van der Waals surface area contributed by atoms with E-state index in [0.29, 0.717) is 12.1 Å². The van der Waals surface area contributed by atoms with Gasteiger partial charge in [0.15, 0.2) is 53.2 Å². The number of nitrogens with two attached hydrogens (primary N) is 1. The third-order valence-corrected chi connectivity index (χ3v) is 13.2. The molecule has 3 N–H and O–H groups in total. The maximum atomic E-state index is 16.5. The lowest BCUT2D eigenvalue weighted by atomic mass is 10.1. The Morgan fingerprint density at radius 1 is 0.839 bits per heavy atom. The quantitative estimate of drug-likeness (QED) is 0.0934. The highest BCUT2D eigenvalue weighted by Crippen LogP contribution is 2.60. The number of carbonyl (C=O) groups excluding carboxylic acids is 3. The molecule has 5 aromatic heterocycles. The molecule has 25 nitrogen and oxygen atoms in total. The average Bonchev–Trinajstić information content (AvgIpc) is 4.09. The molecule has 10 atom stereocenters. The molecule has 0 radical (unpaired) electrons. The predicted octanol–water partition coefficient (Wildman–Crippen LogP) is 2.05. The molecular weight excluding hydrogens is 909 g/mol. The molecule has 0 saturated carbocycles. The van der Waals surface area contributed by atoms with Gasteiger partial charge in [-0.2, -0.15) is 0 Å². The molecule has 31 heteroatoms. The minimum absolute atomic E-state index is 0.00366. The van der Waals surface area contributed by atoms with Gasteiger partial charge in [0.05, 0.1) is 38.6 Å². The van der Waals surface area contributed by atoms with Gasteiger partial charge in [0.1, 0.15) is 48.3 Å². The number of aryl methyl sites for hydroxylation is 1. The van der Waals surface area contributed by atoms with Crippen molar-refractivity contribution >= 4 is 89.8 Å². The molecule has 5 aromatic rings. The number of ether oxygens (including phenoxy) is 2. The zero-order valence-electron chi connectivity index (χ0n) is 31.4. The van der Waals surface area contributed by atoms with Crippen LogP contribution in [0.15, 0.2) is 43.7 Å². The van der Waals surface area contributed by atoms with Crippen molar-refractivity contribution in [2.24, 2.45) is 0 Å². The largest absolute Gasteiger partial charge is 0.386 e. The van der Waals surface area contributed by atoms with Gasteiger partial charge >= 0.3 is 13.6 Å². The fourth-order valence-electron chi connectivity index (χ4n) is 7.11. The van der Waals surface area contributed by atoms with E-state index in [9.17, 15) is 23.5 Å². The van der Waals surface area contributed by atoms with Crippen LogP contribution in [0.2, 0.25) is 0 Å². The van der Waals surface area contributed by atoms with Crippen LogP contribution in [-0.2, 0) is 64.2 Å². The van der Waals surface area contributed by atoms with Gasteiger partial charge in [-0.1, -0.05) is 29.7 Å². The number of hydrogen-bond donors (Lipinski definition) is 4. The highest BCUT2D eigenvalue weighted by molar-refractivity contribution is 8.44. The van der Waals surface area contributed by atoms with E-state index in [1.54, 1.807) is 6.20 Å². The number of imide groups is 1. The van der Waals surface area contributed by atoms with E-state index < -0.39 is 93.7 Å². The van der Waals surface area contributed by atoms with Crippen LogP contribution in [0.1, 0.15) is 31.0 Å². The fourth-order valence-corrected chi connectivity index (χ4v) is 10.1. The number of nitrogen functional groups attached to an aromatic ring is 1. The van der Waals surface area contributed by atoms with E-state index in [-0.39, 0.29) is 53.5 Å². The number of fused-ring (bicyclic) bond motifs is 4. The SMILES string of the molecule is Nc1ncnc2c1ncn2[C@@H]1O[C@@H]2CO[P@@](=O)(S)O[C@@H]3C(CO[P@@](=O)(S)O[C@H]2[C@H]1F)O[C@@H](n1cnc2c(NC(=O)CCCn4cc(CN5C(=O)C=CC5=O)nn4)ncnc21)[C@@H]3F. The number of alkyl halides is 2. The minimum atomic E-state index is -4.51. The average molecular weight is 941 g/mol. The van der Waals surface area contributed by atoms with E-state index in [1.807, 2.05) is 0 Å². The van der Waals surface area contributed by atoms with Gasteiger partial charge in [-0.05, 0) is 6.42 Å². The normalized spacial score (nSPS) is 31.6. The summed E-state index contributed by atoms with van der Waals surface area (Å²) in [5, 5.41) is 10.6. The summed E-state index contributed by atoms with van der Waals surface area (Å²) < 4.78 is 97.6. The first-order chi connectivity index (χ1) is 29.6. The van der Waals surface area contributed by atoms with E-state index >= 15 is 8.78 Å². The molecule has 9 rings (SSSR count). The highest BCUT2D eigenvalue weighted by atomic mass is 32.7. The number of hydrogen-bond acceptors (Lipinski definition) is 20. The van der Waals surface area contributed by atoms with Crippen LogP contribution in [-0.4, -0.2) is 127 Å². The molecule has 4 aliphatic rings. The Morgan fingerprint density at radius 3 is 2.02 bits per heavy atom. The molecule has 0 spiro atoms. The summed E-state index contributed by atoms with van der Waals surface area (Å²) in [7, 11) is 0. The van der Waals surface area contributed by atoms with Crippen molar-refractivity contribution in [3.05, 3.63) is 49.4 Å². The Kier molecular flexibility index (Phi) is 11.4. The third kappa shape index (κ3) is 8.36. The molecular formula is C31H32F2N14O11P2S2. The smallest absolute Gasteiger partial charge is 0.382 e. The molecule has 62 heavy (non-hydrogen) atoms. The fraction of sp³-hybridized carbons (Fsp3) is 0.452. The van der Waals surface area contributed by atoms with Crippen molar-refractivity contribution in [1.29, 1.82) is 0 Å². The number of halogens is 2. The summed E-state index contributed by atoms with van der Waals surface area (Å²) in [4.78, 5) is 62.3. The van der Waals surface area contributed by atoms with Crippen LogP contribution in [0, 0.1) is 0 Å². The summed E-state index contributed by atoms with van der Waals surface area (Å²) in [6.45, 7) is -10.2. The van der Waals surface area contributed by atoms with Gasteiger partial charge in [0, 0.05) is 25.1 Å². The first-order valence-corrected chi connectivity index (χ1v) is 23.8. The van der Waals surface area contributed by atoms with Crippen LogP contribution in [0.3, 0.4) is 0 Å². The molecule has 3 amide bonds. The number of nitrogens with zero attached hydrogens (tertiary/aromatic N) is 12. The van der Waals surface area contributed by atoms with E-state index in [4.69, 9.17) is 33.3 Å². The summed E-state index contributed by atoms with van der Waals surface area (Å²) >= 11 is 8.07. The molecule has 9 heterocycles. The van der Waals surface area contributed by atoms with Crippen molar-refractivity contribution in [2.75, 3.05) is 24.3 Å². The Morgan fingerprint density at radius 2 is 1.40 bits per heavy atom. The topological polar surface area (TPSA) is 300 Å². The molecule has 4 aliphatic heterocycles. The van der Waals surface area contributed by atoms with Crippen molar-refractivity contribution in [3.63, 3.8) is 0 Å². The Bertz CT molecular complexity index is 2690.